The highest BCUT2D eigenvalue weighted by Gasteiger charge is 2.30. The van der Waals surface area contributed by atoms with Gasteiger partial charge in [-0.15, -0.1) is 0 Å². The van der Waals surface area contributed by atoms with Crippen LogP contribution in [0.15, 0.2) is 42.5 Å². The number of rotatable bonds is 10. The Bertz CT molecular complexity index is 1110. The Kier molecular flexibility index (Phi) is 9.27. The van der Waals surface area contributed by atoms with Crippen LogP contribution < -0.4 is 9.62 Å². The van der Waals surface area contributed by atoms with E-state index in [2.05, 4.69) is 5.32 Å². The molecule has 7 nitrogen and oxygen atoms in total. The molecule has 0 saturated heterocycles. The fourth-order valence-electron chi connectivity index (χ4n) is 3.76. The molecule has 0 unspecified atom stereocenters. The van der Waals surface area contributed by atoms with Gasteiger partial charge in [-0.1, -0.05) is 42.8 Å². The van der Waals surface area contributed by atoms with Gasteiger partial charge in [-0.25, -0.2) is 8.42 Å². The number of carbonyl (C=O) groups excluding carboxylic acids is 2. The number of nitrogens with zero attached hydrogens (tertiary/aromatic N) is 2. The summed E-state index contributed by atoms with van der Waals surface area (Å²) in [6.45, 7) is 11.1. The topological polar surface area (TPSA) is 86.8 Å². The number of benzene rings is 2. The Hall–Kier alpha value is -2.87. The van der Waals surface area contributed by atoms with Crippen LogP contribution in [0.3, 0.4) is 0 Å². The van der Waals surface area contributed by atoms with Crippen molar-refractivity contribution in [3.05, 3.63) is 64.7 Å². The second-order valence-electron chi connectivity index (χ2n) is 9.12. The van der Waals surface area contributed by atoms with Crippen LogP contribution in [0.1, 0.15) is 49.4 Å². The van der Waals surface area contributed by atoms with Gasteiger partial charge in [0.15, 0.2) is 0 Å². The number of nitrogens with one attached hydrogen (secondary N) is 1. The molecular formula is C26H37N3O4S. The Morgan fingerprint density at radius 3 is 2.12 bits per heavy atom. The van der Waals surface area contributed by atoms with Crippen molar-refractivity contribution in [1.82, 2.24) is 10.2 Å². The second-order valence-corrected chi connectivity index (χ2v) is 11.0. The molecule has 0 radical (unpaired) electrons. The summed E-state index contributed by atoms with van der Waals surface area (Å²) in [5.74, 6) is -0.717. The van der Waals surface area contributed by atoms with Crippen molar-refractivity contribution in [2.75, 3.05) is 17.1 Å². The molecule has 8 heteroatoms. The average molecular weight is 488 g/mol. The third-order valence-corrected chi connectivity index (χ3v) is 6.92. The fourth-order valence-corrected chi connectivity index (χ4v) is 4.60. The minimum absolute atomic E-state index is 0.0336. The number of sulfonamides is 1. The van der Waals surface area contributed by atoms with E-state index in [1.54, 1.807) is 19.1 Å². The maximum absolute atomic E-state index is 13.6. The summed E-state index contributed by atoms with van der Waals surface area (Å²) in [5.41, 5.74) is 4.13. The Labute approximate surface area is 204 Å². The molecule has 0 aromatic heterocycles. The smallest absolute Gasteiger partial charge is 0.244 e. The van der Waals surface area contributed by atoms with Crippen LogP contribution in [-0.4, -0.2) is 50.0 Å². The van der Waals surface area contributed by atoms with Crippen molar-refractivity contribution in [2.45, 2.75) is 66.6 Å². The molecule has 2 aromatic rings. The molecule has 2 rings (SSSR count). The molecule has 0 aliphatic heterocycles. The highest BCUT2D eigenvalue weighted by atomic mass is 32.2. The van der Waals surface area contributed by atoms with Crippen LogP contribution in [-0.2, 0) is 26.2 Å². The summed E-state index contributed by atoms with van der Waals surface area (Å²) in [6.07, 6.45) is 1.85. The van der Waals surface area contributed by atoms with Crippen molar-refractivity contribution >= 4 is 27.5 Å². The van der Waals surface area contributed by atoms with Crippen molar-refractivity contribution in [1.29, 1.82) is 0 Å². The average Bonchev–Trinajstić information content (AvgIpc) is 2.73. The van der Waals surface area contributed by atoms with Gasteiger partial charge in [0.25, 0.3) is 0 Å². The first-order valence-electron chi connectivity index (χ1n) is 11.5. The molecule has 34 heavy (non-hydrogen) atoms. The third kappa shape index (κ3) is 7.58. The summed E-state index contributed by atoms with van der Waals surface area (Å²) < 4.78 is 26.5. The van der Waals surface area contributed by atoms with Crippen molar-refractivity contribution in [3.8, 4) is 0 Å². The molecule has 186 valence electrons. The Morgan fingerprint density at radius 2 is 1.59 bits per heavy atom. The minimum atomic E-state index is -3.74. The summed E-state index contributed by atoms with van der Waals surface area (Å²) in [4.78, 5) is 27.9. The van der Waals surface area contributed by atoms with E-state index in [9.17, 15) is 18.0 Å². The van der Waals surface area contributed by atoms with Gasteiger partial charge in [-0.05, 0) is 69.9 Å². The zero-order chi connectivity index (χ0) is 25.6. The standard InChI is InChI=1S/C26H37N3O4S/c1-8-21(5)27-26(31)22(6)28(16-23-11-9-10-18(2)13-23)25(30)17-29(34(7,32)33)24-14-19(3)12-20(4)15-24/h9-15,21-22H,8,16-17H2,1-7H3,(H,27,31)/t21-,22-/m0/s1. The lowest BCUT2D eigenvalue weighted by atomic mass is 10.1. The largest absolute Gasteiger partial charge is 0.352 e. The van der Waals surface area contributed by atoms with Crippen molar-refractivity contribution < 1.29 is 18.0 Å². The predicted molar refractivity (Wildman–Crippen MR) is 137 cm³/mol. The molecule has 2 atom stereocenters. The van der Waals surface area contributed by atoms with Gasteiger partial charge >= 0.3 is 0 Å². The first-order valence-corrected chi connectivity index (χ1v) is 13.4. The predicted octanol–water partition coefficient (Wildman–Crippen LogP) is 3.71. The molecule has 0 saturated carbocycles. The molecule has 0 heterocycles. The van der Waals surface area contributed by atoms with Crippen molar-refractivity contribution in [2.24, 2.45) is 0 Å². The van der Waals surface area contributed by atoms with E-state index in [4.69, 9.17) is 0 Å². The van der Waals surface area contributed by atoms with E-state index >= 15 is 0 Å². The molecule has 0 bridgehead atoms. The Morgan fingerprint density at radius 1 is 0.971 bits per heavy atom. The molecule has 2 aromatic carbocycles. The highest BCUT2D eigenvalue weighted by molar-refractivity contribution is 7.92. The van der Waals surface area contributed by atoms with Crippen LogP contribution in [0.4, 0.5) is 5.69 Å². The van der Waals surface area contributed by atoms with Crippen LogP contribution >= 0.6 is 0 Å². The lowest BCUT2D eigenvalue weighted by Gasteiger charge is -2.32. The minimum Gasteiger partial charge on any atom is -0.352 e. The van der Waals surface area contributed by atoms with Gasteiger partial charge in [-0.3, -0.25) is 13.9 Å². The summed E-state index contributed by atoms with van der Waals surface area (Å²) in [7, 11) is -3.74. The van der Waals surface area contributed by atoms with Gasteiger partial charge < -0.3 is 10.2 Å². The normalized spacial score (nSPS) is 13.1. The van der Waals surface area contributed by atoms with Gasteiger partial charge in [0.05, 0.1) is 11.9 Å². The summed E-state index contributed by atoms with van der Waals surface area (Å²) >= 11 is 0. The number of hydrogen-bond acceptors (Lipinski definition) is 4. The molecule has 1 N–H and O–H groups in total. The van der Waals surface area contributed by atoms with E-state index in [1.807, 2.05) is 65.0 Å². The van der Waals surface area contributed by atoms with Crippen LogP contribution in [0.25, 0.3) is 0 Å². The van der Waals surface area contributed by atoms with Gasteiger partial charge in [0, 0.05) is 12.6 Å². The number of hydrogen-bond donors (Lipinski definition) is 1. The molecule has 0 aliphatic carbocycles. The summed E-state index contributed by atoms with van der Waals surface area (Å²) in [6, 6.07) is 12.3. The number of amides is 2. The summed E-state index contributed by atoms with van der Waals surface area (Å²) in [5, 5.41) is 2.93. The first kappa shape index (κ1) is 27.4. The highest BCUT2D eigenvalue weighted by Crippen LogP contribution is 2.22. The second kappa shape index (κ2) is 11.5. The third-order valence-electron chi connectivity index (χ3n) is 5.78. The van der Waals surface area contributed by atoms with Crippen LogP contribution in [0, 0.1) is 20.8 Å². The van der Waals surface area contributed by atoms with Crippen LogP contribution in [0.2, 0.25) is 0 Å². The van der Waals surface area contributed by atoms with Crippen molar-refractivity contribution in [3.63, 3.8) is 0 Å². The van der Waals surface area contributed by atoms with E-state index in [0.717, 1.165) is 39.2 Å². The van der Waals surface area contributed by atoms with Crippen LogP contribution in [0.5, 0.6) is 0 Å². The van der Waals surface area contributed by atoms with Gasteiger partial charge in [0.1, 0.15) is 12.6 Å². The lowest BCUT2D eigenvalue weighted by molar-refractivity contribution is -0.139. The SMILES string of the molecule is CC[C@H](C)NC(=O)[C@H](C)N(Cc1cccc(C)c1)C(=O)CN(c1cc(C)cc(C)c1)S(C)(=O)=O. The number of carbonyl (C=O) groups is 2. The monoisotopic (exact) mass is 487 g/mol. The maximum atomic E-state index is 13.6. The van der Waals surface area contributed by atoms with Gasteiger partial charge in [-0.2, -0.15) is 0 Å². The maximum Gasteiger partial charge on any atom is 0.244 e. The lowest BCUT2D eigenvalue weighted by Crippen LogP contribution is -2.52. The quantitative estimate of drug-likeness (QED) is 0.554. The fraction of sp³-hybridized carbons (Fsp3) is 0.462. The molecule has 2 amide bonds. The van der Waals surface area contributed by atoms with E-state index in [0.29, 0.717) is 5.69 Å². The molecule has 0 aliphatic rings. The van der Waals surface area contributed by atoms with Gasteiger partial charge in [0.2, 0.25) is 21.8 Å². The Balaban J connectivity index is 2.42. The molecule has 0 fully saturated rings. The van der Waals surface area contributed by atoms with E-state index in [1.165, 1.54) is 4.90 Å². The zero-order valence-corrected chi connectivity index (χ0v) is 22.1. The van der Waals surface area contributed by atoms with E-state index < -0.39 is 28.5 Å². The number of aryl methyl sites for hydroxylation is 3. The molecule has 0 spiro atoms. The van der Waals surface area contributed by atoms with E-state index in [-0.39, 0.29) is 18.5 Å². The zero-order valence-electron chi connectivity index (χ0n) is 21.3. The first-order chi connectivity index (χ1) is 15.8. The number of anilines is 1. The molecular weight excluding hydrogens is 450 g/mol.